The predicted molar refractivity (Wildman–Crippen MR) is 72.1 cm³/mol. The largest absolute Gasteiger partial charge is 0.481 e. The lowest BCUT2D eigenvalue weighted by Crippen LogP contribution is -2.43. The van der Waals surface area contributed by atoms with E-state index in [1.54, 1.807) is 4.90 Å². The second-order valence-corrected chi connectivity index (χ2v) is 5.11. The Bertz CT molecular complexity index is 475. The van der Waals surface area contributed by atoms with Crippen LogP contribution in [0.15, 0.2) is 16.5 Å². The number of rotatable bonds is 5. The average molecular weight is 280 g/mol. The third kappa shape index (κ3) is 3.84. The van der Waals surface area contributed by atoms with Crippen molar-refractivity contribution in [2.24, 2.45) is 5.92 Å². The Hall–Kier alpha value is -1.82. The van der Waals surface area contributed by atoms with Gasteiger partial charge in [0.1, 0.15) is 11.5 Å². The van der Waals surface area contributed by atoms with E-state index in [1.807, 2.05) is 19.1 Å². The van der Waals surface area contributed by atoms with Gasteiger partial charge in [0.25, 0.3) is 0 Å². The fraction of sp³-hybridized carbons (Fsp3) is 0.571. The van der Waals surface area contributed by atoms with Crippen molar-refractivity contribution >= 4 is 11.9 Å². The van der Waals surface area contributed by atoms with Crippen LogP contribution in [0.2, 0.25) is 0 Å². The molecule has 6 nitrogen and oxygen atoms in total. The van der Waals surface area contributed by atoms with Crippen molar-refractivity contribution in [1.82, 2.24) is 10.2 Å². The maximum Gasteiger partial charge on any atom is 0.306 e. The van der Waals surface area contributed by atoms with Crippen molar-refractivity contribution in [2.75, 3.05) is 19.6 Å². The van der Waals surface area contributed by atoms with E-state index in [1.165, 1.54) is 0 Å². The Labute approximate surface area is 117 Å². The number of likely N-dealkylation sites (tertiary alicyclic amines) is 1. The van der Waals surface area contributed by atoms with Crippen molar-refractivity contribution in [3.63, 3.8) is 0 Å². The Morgan fingerprint density at radius 2 is 2.10 bits per heavy atom. The third-order valence-corrected chi connectivity index (χ3v) is 3.57. The van der Waals surface area contributed by atoms with Crippen LogP contribution in [-0.2, 0) is 16.1 Å². The lowest BCUT2D eigenvalue weighted by atomic mass is 9.97. The van der Waals surface area contributed by atoms with Crippen molar-refractivity contribution in [1.29, 1.82) is 0 Å². The molecule has 2 heterocycles. The molecule has 1 aromatic rings. The van der Waals surface area contributed by atoms with Crippen LogP contribution in [0.5, 0.6) is 0 Å². The van der Waals surface area contributed by atoms with Gasteiger partial charge in [0.15, 0.2) is 0 Å². The van der Waals surface area contributed by atoms with E-state index in [0.717, 1.165) is 11.5 Å². The topological polar surface area (TPSA) is 82.8 Å². The van der Waals surface area contributed by atoms with Gasteiger partial charge in [-0.05, 0) is 31.9 Å². The third-order valence-electron chi connectivity index (χ3n) is 3.57. The van der Waals surface area contributed by atoms with Crippen molar-refractivity contribution < 1.29 is 19.1 Å². The molecule has 1 aliphatic heterocycles. The molecule has 2 N–H and O–H groups in total. The summed E-state index contributed by atoms with van der Waals surface area (Å²) in [6.07, 6.45) is 1.08. The number of hydrogen-bond acceptors (Lipinski definition) is 4. The Kier molecular flexibility index (Phi) is 4.79. The van der Waals surface area contributed by atoms with Gasteiger partial charge >= 0.3 is 5.97 Å². The molecule has 0 spiro atoms. The molecule has 2 rings (SSSR count). The van der Waals surface area contributed by atoms with Crippen molar-refractivity contribution in [2.45, 2.75) is 26.3 Å². The van der Waals surface area contributed by atoms with Gasteiger partial charge in [0.05, 0.1) is 19.0 Å². The van der Waals surface area contributed by atoms with Crippen LogP contribution in [0.25, 0.3) is 0 Å². The number of aryl methyl sites for hydroxylation is 1. The van der Waals surface area contributed by atoms with Gasteiger partial charge < -0.3 is 19.7 Å². The Balaban J connectivity index is 1.69. The number of carboxylic acid groups (broad SMARTS) is 1. The minimum atomic E-state index is -0.761. The van der Waals surface area contributed by atoms with Gasteiger partial charge in [-0.15, -0.1) is 0 Å². The highest BCUT2D eigenvalue weighted by Gasteiger charge is 2.26. The summed E-state index contributed by atoms with van der Waals surface area (Å²) in [5.41, 5.74) is 0. The number of nitrogens with one attached hydrogen (secondary N) is 1. The molecule has 0 saturated carbocycles. The second-order valence-electron chi connectivity index (χ2n) is 5.11. The normalized spacial score (nSPS) is 16.4. The molecule has 20 heavy (non-hydrogen) atoms. The van der Waals surface area contributed by atoms with Gasteiger partial charge in [-0.25, -0.2) is 0 Å². The van der Waals surface area contributed by atoms with Gasteiger partial charge in [0.2, 0.25) is 5.91 Å². The number of aliphatic carboxylic acids is 1. The molecule has 0 radical (unpaired) electrons. The van der Waals surface area contributed by atoms with Crippen LogP contribution in [-0.4, -0.2) is 41.5 Å². The number of carboxylic acids is 1. The summed E-state index contributed by atoms with van der Waals surface area (Å²) in [4.78, 5) is 24.5. The summed E-state index contributed by atoms with van der Waals surface area (Å²) in [7, 11) is 0. The second kappa shape index (κ2) is 6.56. The summed E-state index contributed by atoms with van der Waals surface area (Å²) in [5, 5.41) is 12.0. The molecule has 0 aromatic carbocycles. The zero-order valence-electron chi connectivity index (χ0n) is 11.6. The number of piperidine rings is 1. The average Bonchev–Trinajstić information content (AvgIpc) is 2.84. The van der Waals surface area contributed by atoms with Crippen LogP contribution in [0.3, 0.4) is 0 Å². The van der Waals surface area contributed by atoms with Gasteiger partial charge in [-0.3, -0.25) is 9.59 Å². The maximum atomic E-state index is 12.0. The first-order chi connectivity index (χ1) is 9.56. The zero-order chi connectivity index (χ0) is 14.5. The van der Waals surface area contributed by atoms with E-state index in [9.17, 15) is 9.59 Å². The van der Waals surface area contributed by atoms with Gasteiger partial charge in [-0.2, -0.15) is 0 Å². The van der Waals surface area contributed by atoms with E-state index in [4.69, 9.17) is 9.52 Å². The number of hydrogen-bond donors (Lipinski definition) is 2. The smallest absolute Gasteiger partial charge is 0.306 e. The number of furan rings is 1. The highest BCUT2D eigenvalue weighted by molar-refractivity contribution is 5.78. The molecular weight excluding hydrogens is 260 g/mol. The lowest BCUT2D eigenvalue weighted by molar-refractivity contribution is -0.145. The fourth-order valence-corrected chi connectivity index (χ4v) is 2.36. The molecule has 1 aromatic heterocycles. The molecule has 1 saturated heterocycles. The van der Waals surface area contributed by atoms with Crippen LogP contribution >= 0.6 is 0 Å². The zero-order valence-corrected chi connectivity index (χ0v) is 11.6. The van der Waals surface area contributed by atoms with Crippen molar-refractivity contribution in [3.05, 3.63) is 23.7 Å². The molecule has 1 aliphatic rings. The van der Waals surface area contributed by atoms with E-state index >= 15 is 0 Å². The summed E-state index contributed by atoms with van der Waals surface area (Å²) < 4.78 is 5.40. The first-order valence-corrected chi connectivity index (χ1v) is 6.83. The highest BCUT2D eigenvalue weighted by atomic mass is 16.4. The van der Waals surface area contributed by atoms with Crippen LogP contribution in [0, 0.1) is 12.8 Å². The van der Waals surface area contributed by atoms with Crippen LogP contribution in [0.4, 0.5) is 0 Å². The predicted octanol–water partition coefficient (Wildman–Crippen LogP) is 1.00. The summed E-state index contributed by atoms with van der Waals surface area (Å²) in [6.45, 7) is 3.69. The quantitative estimate of drug-likeness (QED) is 0.841. The minimum Gasteiger partial charge on any atom is -0.481 e. The lowest BCUT2D eigenvalue weighted by Gasteiger charge is -2.30. The van der Waals surface area contributed by atoms with E-state index < -0.39 is 5.97 Å². The Morgan fingerprint density at radius 1 is 1.40 bits per heavy atom. The van der Waals surface area contributed by atoms with E-state index in [2.05, 4.69) is 5.32 Å². The van der Waals surface area contributed by atoms with E-state index in [-0.39, 0.29) is 18.4 Å². The molecule has 0 atom stereocenters. The van der Waals surface area contributed by atoms with Crippen LogP contribution in [0.1, 0.15) is 24.4 Å². The van der Waals surface area contributed by atoms with E-state index in [0.29, 0.717) is 32.5 Å². The monoisotopic (exact) mass is 280 g/mol. The number of carbonyl (C=O) groups is 2. The number of amides is 1. The molecule has 110 valence electrons. The van der Waals surface area contributed by atoms with Gasteiger partial charge in [0, 0.05) is 13.1 Å². The summed E-state index contributed by atoms with van der Waals surface area (Å²) >= 11 is 0. The first kappa shape index (κ1) is 14.6. The molecular formula is C14H20N2O4. The Morgan fingerprint density at radius 3 is 2.65 bits per heavy atom. The highest BCUT2D eigenvalue weighted by Crippen LogP contribution is 2.17. The molecule has 1 fully saturated rings. The molecule has 0 unspecified atom stereocenters. The molecule has 6 heteroatoms. The maximum absolute atomic E-state index is 12.0. The summed E-state index contributed by atoms with van der Waals surface area (Å²) in [6, 6.07) is 3.76. The summed E-state index contributed by atoms with van der Waals surface area (Å²) in [5.74, 6) is 0.599. The molecule has 0 bridgehead atoms. The molecule has 1 amide bonds. The minimum absolute atomic E-state index is 0.0112. The molecule has 0 aliphatic carbocycles. The van der Waals surface area contributed by atoms with Gasteiger partial charge in [-0.1, -0.05) is 0 Å². The van der Waals surface area contributed by atoms with Crippen LogP contribution < -0.4 is 5.32 Å². The SMILES string of the molecule is Cc1ccc(CNCC(=O)N2CCC(C(=O)O)CC2)o1. The number of nitrogens with zero attached hydrogens (tertiary/aromatic N) is 1. The standard InChI is InChI=1S/C14H20N2O4/c1-10-2-3-12(20-10)8-15-9-13(17)16-6-4-11(5-7-16)14(18)19/h2-3,11,15H,4-9H2,1H3,(H,18,19). The fourth-order valence-electron chi connectivity index (χ4n) is 2.36. The van der Waals surface area contributed by atoms with Crippen molar-refractivity contribution in [3.8, 4) is 0 Å². The number of carbonyl (C=O) groups excluding carboxylic acids is 1. The first-order valence-electron chi connectivity index (χ1n) is 6.83.